The number of nitrogens with zero attached hydrogens (tertiary/aromatic N) is 3. The minimum absolute atomic E-state index is 0.0929. The van der Waals surface area contributed by atoms with Crippen LogP contribution in [0.4, 0.5) is 0 Å². The van der Waals surface area contributed by atoms with Crippen LogP contribution in [0.15, 0.2) is 67.0 Å². The van der Waals surface area contributed by atoms with Crippen molar-refractivity contribution >= 4 is 17.5 Å². The minimum atomic E-state index is -0.127. The van der Waals surface area contributed by atoms with Gasteiger partial charge in [0.05, 0.1) is 24.3 Å². The van der Waals surface area contributed by atoms with Gasteiger partial charge >= 0.3 is 0 Å². The van der Waals surface area contributed by atoms with Crippen molar-refractivity contribution in [2.45, 2.75) is 19.0 Å². The fourth-order valence-corrected chi connectivity index (χ4v) is 3.11. The third-order valence-corrected chi connectivity index (χ3v) is 4.78. The molecule has 0 aliphatic rings. The van der Waals surface area contributed by atoms with Gasteiger partial charge in [-0.2, -0.15) is 5.10 Å². The summed E-state index contributed by atoms with van der Waals surface area (Å²) >= 11 is 6.01. The third kappa shape index (κ3) is 5.68. The molecule has 1 atom stereocenters. The smallest absolute Gasteiger partial charge is 0.254 e. The number of carbonyl (C=O) groups is 1. The molecule has 6 heteroatoms. The molecule has 1 heterocycles. The molecule has 0 saturated carbocycles. The summed E-state index contributed by atoms with van der Waals surface area (Å²) in [4.78, 5) is 14.9. The van der Waals surface area contributed by atoms with Crippen molar-refractivity contribution < 1.29 is 4.79 Å². The molecular weight excluding hydrogens is 372 g/mol. The summed E-state index contributed by atoms with van der Waals surface area (Å²) in [6.45, 7) is 1.50. The Morgan fingerprint density at radius 2 is 1.86 bits per heavy atom. The van der Waals surface area contributed by atoms with E-state index in [9.17, 15) is 4.79 Å². The molecule has 3 rings (SSSR count). The van der Waals surface area contributed by atoms with E-state index in [-0.39, 0.29) is 11.9 Å². The van der Waals surface area contributed by atoms with Crippen LogP contribution in [0.5, 0.6) is 0 Å². The van der Waals surface area contributed by atoms with E-state index < -0.39 is 0 Å². The fraction of sp³-hybridized carbons (Fsp3) is 0.273. The van der Waals surface area contributed by atoms with Crippen LogP contribution >= 0.6 is 11.6 Å². The first kappa shape index (κ1) is 20.1. The summed E-state index contributed by atoms with van der Waals surface area (Å²) in [6.07, 6.45) is 4.20. The van der Waals surface area contributed by atoms with Gasteiger partial charge in [0, 0.05) is 11.2 Å². The van der Waals surface area contributed by atoms with Crippen LogP contribution in [-0.4, -0.2) is 41.2 Å². The molecule has 0 aliphatic carbocycles. The number of hydrogen-bond acceptors (Lipinski definition) is 3. The minimum Gasteiger partial charge on any atom is -0.345 e. The monoisotopic (exact) mass is 396 g/mol. The number of rotatable bonds is 8. The Balaban J connectivity index is 1.69. The van der Waals surface area contributed by atoms with Gasteiger partial charge in [-0.1, -0.05) is 54.1 Å². The van der Waals surface area contributed by atoms with Crippen LogP contribution in [0.3, 0.4) is 0 Å². The van der Waals surface area contributed by atoms with E-state index in [1.165, 1.54) is 0 Å². The van der Waals surface area contributed by atoms with Crippen molar-refractivity contribution in [3.05, 3.63) is 88.7 Å². The summed E-state index contributed by atoms with van der Waals surface area (Å²) in [5.74, 6) is -0.127. The molecule has 0 aliphatic heterocycles. The van der Waals surface area contributed by atoms with E-state index in [2.05, 4.69) is 15.3 Å². The summed E-state index contributed by atoms with van der Waals surface area (Å²) in [6, 6.07) is 17.6. The van der Waals surface area contributed by atoms with Crippen molar-refractivity contribution in [1.82, 2.24) is 20.0 Å². The highest BCUT2D eigenvalue weighted by atomic mass is 35.5. The van der Waals surface area contributed by atoms with Crippen molar-refractivity contribution in [2.24, 2.45) is 0 Å². The van der Waals surface area contributed by atoms with E-state index in [4.69, 9.17) is 11.6 Å². The first-order valence-corrected chi connectivity index (χ1v) is 9.66. The normalized spacial score (nSPS) is 12.1. The quantitative estimate of drug-likeness (QED) is 0.626. The van der Waals surface area contributed by atoms with Gasteiger partial charge in [-0.25, -0.2) is 0 Å². The molecule has 5 nitrogen and oxygen atoms in total. The van der Waals surface area contributed by atoms with E-state index in [0.717, 1.165) is 24.1 Å². The van der Waals surface area contributed by atoms with Crippen molar-refractivity contribution in [3.63, 3.8) is 0 Å². The molecule has 0 saturated heterocycles. The van der Waals surface area contributed by atoms with Gasteiger partial charge in [-0.3, -0.25) is 9.48 Å². The molecule has 2 aromatic carbocycles. The van der Waals surface area contributed by atoms with Gasteiger partial charge in [0.2, 0.25) is 0 Å². The second-order valence-electron chi connectivity index (χ2n) is 7.08. The first-order valence-electron chi connectivity index (χ1n) is 9.28. The summed E-state index contributed by atoms with van der Waals surface area (Å²) < 4.78 is 1.78. The van der Waals surface area contributed by atoms with Gasteiger partial charge < -0.3 is 10.2 Å². The topological polar surface area (TPSA) is 50.2 Å². The van der Waals surface area contributed by atoms with Crippen LogP contribution in [0.25, 0.3) is 0 Å². The van der Waals surface area contributed by atoms with E-state index in [0.29, 0.717) is 17.1 Å². The number of halogens is 1. The highest BCUT2D eigenvalue weighted by molar-refractivity contribution is 6.30. The maximum absolute atomic E-state index is 12.8. The number of nitrogens with one attached hydrogen (secondary N) is 1. The standard InChI is InChI=1S/C22H25ClN4O/c1-26(2)13-12-21(18-8-10-20(23)11-9-18)25-22(28)19-14-24-27(16-19)15-17-6-4-3-5-7-17/h3-11,14,16,21H,12-13,15H2,1-2H3,(H,25,28). The van der Waals surface area contributed by atoms with Crippen LogP contribution in [0.1, 0.15) is 33.9 Å². The van der Waals surface area contributed by atoms with Crippen LogP contribution in [-0.2, 0) is 6.54 Å². The predicted molar refractivity (Wildman–Crippen MR) is 113 cm³/mol. The number of carbonyl (C=O) groups excluding carboxylic acids is 1. The second kappa shape index (κ2) is 9.53. The Bertz CT molecular complexity index is 890. The largest absolute Gasteiger partial charge is 0.345 e. The van der Waals surface area contributed by atoms with Crippen molar-refractivity contribution in [1.29, 1.82) is 0 Å². The second-order valence-corrected chi connectivity index (χ2v) is 7.52. The molecule has 1 unspecified atom stereocenters. The molecule has 1 N–H and O–H groups in total. The SMILES string of the molecule is CN(C)CCC(NC(=O)c1cnn(Cc2ccccc2)c1)c1ccc(Cl)cc1. The average Bonchev–Trinajstić information content (AvgIpc) is 3.15. The summed E-state index contributed by atoms with van der Waals surface area (Å²) in [5, 5.41) is 8.15. The fourth-order valence-electron chi connectivity index (χ4n) is 2.98. The molecule has 28 heavy (non-hydrogen) atoms. The van der Waals surface area contributed by atoms with Gasteiger partial charge in [0.1, 0.15) is 0 Å². The maximum Gasteiger partial charge on any atom is 0.254 e. The van der Waals surface area contributed by atoms with Crippen LogP contribution < -0.4 is 5.32 Å². The lowest BCUT2D eigenvalue weighted by atomic mass is 10.0. The Morgan fingerprint density at radius 3 is 2.54 bits per heavy atom. The molecular formula is C22H25ClN4O. The van der Waals surface area contributed by atoms with Crippen LogP contribution in [0, 0.1) is 0 Å². The molecule has 0 radical (unpaired) electrons. The molecule has 3 aromatic rings. The van der Waals surface area contributed by atoms with E-state index in [1.807, 2.05) is 68.7 Å². The Morgan fingerprint density at radius 1 is 1.14 bits per heavy atom. The lowest BCUT2D eigenvalue weighted by Gasteiger charge is -2.21. The number of benzene rings is 2. The van der Waals surface area contributed by atoms with E-state index in [1.54, 1.807) is 17.1 Å². The molecule has 1 aromatic heterocycles. The summed E-state index contributed by atoms with van der Waals surface area (Å²) in [7, 11) is 4.04. The zero-order valence-electron chi connectivity index (χ0n) is 16.2. The molecule has 1 amide bonds. The van der Waals surface area contributed by atoms with Crippen molar-refractivity contribution in [3.8, 4) is 0 Å². The Labute approximate surface area is 170 Å². The van der Waals surface area contributed by atoms with E-state index >= 15 is 0 Å². The molecule has 0 fully saturated rings. The van der Waals surface area contributed by atoms with Gasteiger partial charge in [0.25, 0.3) is 5.91 Å². The zero-order valence-corrected chi connectivity index (χ0v) is 16.9. The van der Waals surface area contributed by atoms with Crippen LogP contribution in [0.2, 0.25) is 5.02 Å². The average molecular weight is 397 g/mol. The highest BCUT2D eigenvalue weighted by Crippen LogP contribution is 2.20. The molecule has 0 bridgehead atoms. The number of amides is 1. The Hall–Kier alpha value is -2.63. The zero-order chi connectivity index (χ0) is 19.9. The lowest BCUT2D eigenvalue weighted by molar-refractivity contribution is 0.0932. The Kier molecular flexibility index (Phi) is 6.85. The predicted octanol–water partition coefficient (Wildman–Crippen LogP) is 4.01. The highest BCUT2D eigenvalue weighted by Gasteiger charge is 2.17. The first-order chi connectivity index (χ1) is 13.5. The van der Waals surface area contributed by atoms with Gasteiger partial charge in [-0.15, -0.1) is 0 Å². The lowest BCUT2D eigenvalue weighted by Crippen LogP contribution is -2.30. The molecule has 146 valence electrons. The van der Waals surface area contributed by atoms with Gasteiger partial charge in [0.15, 0.2) is 0 Å². The molecule has 0 spiro atoms. The number of hydrogen-bond donors (Lipinski definition) is 1. The maximum atomic E-state index is 12.8. The van der Waals surface area contributed by atoms with Crippen molar-refractivity contribution in [2.75, 3.05) is 20.6 Å². The van der Waals surface area contributed by atoms with Gasteiger partial charge in [-0.05, 0) is 50.3 Å². The number of aromatic nitrogens is 2. The third-order valence-electron chi connectivity index (χ3n) is 4.53. The summed E-state index contributed by atoms with van der Waals surface area (Å²) in [5.41, 5.74) is 2.73.